The fourth-order valence-electron chi connectivity index (χ4n) is 3.00. The molecule has 0 fully saturated rings. The van der Waals surface area contributed by atoms with E-state index in [1.807, 2.05) is 0 Å². The second kappa shape index (κ2) is 5.86. The average Bonchev–Trinajstić information content (AvgIpc) is 2.55. The Kier molecular flexibility index (Phi) is 3.84. The van der Waals surface area contributed by atoms with Crippen molar-refractivity contribution < 1.29 is 19.7 Å². The fraction of sp³-hybridized carbons (Fsp3) is 0.188. The first-order valence-corrected chi connectivity index (χ1v) is 7.25. The summed E-state index contributed by atoms with van der Waals surface area (Å²) < 4.78 is 4.81. The summed E-state index contributed by atoms with van der Waals surface area (Å²) in [6, 6.07) is 3.94. The molecule has 5 N–H and O–H groups in total. The summed E-state index contributed by atoms with van der Waals surface area (Å²) in [5.74, 6) is -3.16. The van der Waals surface area contributed by atoms with Crippen molar-refractivity contribution in [2.45, 2.75) is 5.92 Å². The second-order valence-electron chi connectivity index (χ2n) is 5.57. The van der Waals surface area contributed by atoms with E-state index < -0.39 is 34.8 Å². The number of carbonyl (C=O) groups excluding carboxylic acids is 1. The minimum Gasteiger partial charge on any atom is -0.504 e. The van der Waals surface area contributed by atoms with E-state index in [-0.39, 0.29) is 22.8 Å². The van der Waals surface area contributed by atoms with Crippen LogP contribution in [0.4, 0.5) is 5.82 Å². The van der Waals surface area contributed by atoms with Gasteiger partial charge in [0.25, 0.3) is 5.56 Å². The van der Waals surface area contributed by atoms with Gasteiger partial charge in [-0.1, -0.05) is 12.6 Å². The maximum Gasteiger partial charge on any atom is 0.327 e. The molecule has 1 aliphatic rings. The van der Waals surface area contributed by atoms with Gasteiger partial charge in [0.2, 0.25) is 0 Å². The first-order valence-electron chi connectivity index (χ1n) is 7.25. The summed E-state index contributed by atoms with van der Waals surface area (Å²) in [5.41, 5.74) is -0.726. The van der Waals surface area contributed by atoms with E-state index in [0.29, 0.717) is 5.56 Å². The molecule has 0 spiro atoms. The highest BCUT2D eigenvalue weighted by Gasteiger charge is 2.41. The zero-order valence-corrected chi connectivity index (χ0v) is 13.1. The van der Waals surface area contributed by atoms with E-state index in [9.17, 15) is 24.6 Å². The standard InChI is InChI=1S/C16H15N3O6/c1-6-10(15(23)25-2)11(7-3-4-8(20)9(21)5-7)12-13(17-6)18-16(24)19-14(12)22/h3-5,10-11,20-21H,1H2,2H3,(H3,17,18,19,22,24)/t10-,11-/m0/s1. The van der Waals surface area contributed by atoms with Crippen LogP contribution in [0.3, 0.4) is 0 Å². The number of phenolic OH excluding ortho intramolecular Hbond substituents is 2. The van der Waals surface area contributed by atoms with Crippen LogP contribution in [0.2, 0.25) is 0 Å². The van der Waals surface area contributed by atoms with Gasteiger partial charge in [-0.3, -0.25) is 19.6 Å². The third-order valence-electron chi connectivity index (χ3n) is 4.10. The lowest BCUT2D eigenvalue weighted by Crippen LogP contribution is -2.39. The molecule has 0 saturated heterocycles. The Balaban J connectivity index is 2.31. The van der Waals surface area contributed by atoms with Gasteiger partial charge >= 0.3 is 11.7 Å². The average molecular weight is 345 g/mol. The number of nitrogens with one attached hydrogen (secondary N) is 3. The fourth-order valence-corrected chi connectivity index (χ4v) is 3.00. The van der Waals surface area contributed by atoms with Crippen molar-refractivity contribution in [1.82, 2.24) is 9.97 Å². The van der Waals surface area contributed by atoms with E-state index >= 15 is 0 Å². The summed E-state index contributed by atoms with van der Waals surface area (Å²) in [7, 11) is 1.20. The van der Waals surface area contributed by atoms with Gasteiger partial charge in [-0.05, 0) is 17.7 Å². The number of aromatic nitrogens is 2. The summed E-state index contributed by atoms with van der Waals surface area (Å²) in [6.45, 7) is 3.78. The number of ether oxygens (including phenoxy) is 1. The van der Waals surface area contributed by atoms with E-state index in [2.05, 4.69) is 21.9 Å². The number of anilines is 1. The van der Waals surface area contributed by atoms with Gasteiger partial charge in [0.15, 0.2) is 11.5 Å². The second-order valence-corrected chi connectivity index (χ2v) is 5.57. The largest absolute Gasteiger partial charge is 0.504 e. The lowest BCUT2D eigenvalue weighted by atomic mass is 9.77. The molecule has 0 bridgehead atoms. The molecule has 2 heterocycles. The smallest absolute Gasteiger partial charge is 0.327 e. The molecule has 1 aromatic carbocycles. The number of methoxy groups -OCH3 is 1. The van der Waals surface area contributed by atoms with Gasteiger partial charge in [-0.25, -0.2) is 4.79 Å². The minimum absolute atomic E-state index is 0.0903. The third kappa shape index (κ3) is 2.65. The van der Waals surface area contributed by atoms with E-state index in [1.165, 1.54) is 25.3 Å². The Morgan fingerprint density at radius 1 is 1.20 bits per heavy atom. The predicted octanol–water partition coefficient (Wildman–Crippen LogP) is 0.335. The highest BCUT2D eigenvalue weighted by molar-refractivity contribution is 5.81. The van der Waals surface area contributed by atoms with Crippen molar-refractivity contribution in [2.75, 3.05) is 12.4 Å². The molecule has 0 radical (unpaired) electrons. The molecule has 3 rings (SSSR count). The molecular weight excluding hydrogens is 330 g/mol. The number of fused-ring (bicyclic) bond motifs is 1. The normalized spacial score (nSPS) is 19.0. The molecule has 0 aliphatic carbocycles. The quantitative estimate of drug-likeness (QED) is 0.390. The third-order valence-corrected chi connectivity index (χ3v) is 4.10. The van der Waals surface area contributed by atoms with Gasteiger partial charge in [-0.15, -0.1) is 0 Å². The summed E-state index contributed by atoms with van der Waals surface area (Å²) in [5, 5.41) is 22.1. The lowest BCUT2D eigenvalue weighted by molar-refractivity contribution is -0.144. The van der Waals surface area contributed by atoms with Gasteiger partial charge in [-0.2, -0.15) is 0 Å². The van der Waals surface area contributed by atoms with Crippen LogP contribution in [-0.2, 0) is 9.53 Å². The number of hydrogen-bond donors (Lipinski definition) is 5. The molecule has 0 amide bonds. The number of aromatic hydroxyl groups is 2. The summed E-state index contributed by atoms with van der Waals surface area (Å²) >= 11 is 0. The SMILES string of the molecule is C=C1Nc2[nH]c(=O)[nH]c(=O)c2[C@@H](c2ccc(O)c(O)c2)[C@H]1C(=O)OC. The van der Waals surface area contributed by atoms with Crippen molar-refractivity contribution in [2.24, 2.45) is 5.92 Å². The number of benzene rings is 1. The van der Waals surface area contributed by atoms with Crippen LogP contribution < -0.4 is 16.6 Å². The number of rotatable bonds is 2. The number of hydrogen-bond acceptors (Lipinski definition) is 7. The molecule has 1 aromatic heterocycles. The first-order chi connectivity index (χ1) is 11.8. The molecule has 2 atom stereocenters. The number of esters is 1. The maximum atomic E-state index is 12.4. The Bertz CT molecular complexity index is 990. The lowest BCUT2D eigenvalue weighted by Gasteiger charge is -2.33. The van der Waals surface area contributed by atoms with Gasteiger partial charge in [0, 0.05) is 11.6 Å². The summed E-state index contributed by atoms with van der Waals surface area (Å²) in [4.78, 5) is 40.8. The van der Waals surface area contributed by atoms with E-state index in [0.717, 1.165) is 0 Å². The topological polar surface area (TPSA) is 145 Å². The van der Waals surface area contributed by atoms with Crippen molar-refractivity contribution in [3.05, 3.63) is 62.4 Å². The molecule has 130 valence electrons. The highest BCUT2D eigenvalue weighted by atomic mass is 16.5. The Labute approximate surface area is 140 Å². The van der Waals surface area contributed by atoms with Gasteiger partial charge in [0.1, 0.15) is 11.7 Å². The molecule has 0 unspecified atom stereocenters. The molecule has 1 aliphatic heterocycles. The van der Waals surface area contributed by atoms with Crippen molar-refractivity contribution in [1.29, 1.82) is 0 Å². The Hall–Kier alpha value is -3.49. The zero-order valence-electron chi connectivity index (χ0n) is 13.1. The van der Waals surface area contributed by atoms with Crippen LogP contribution in [-0.4, -0.2) is 33.3 Å². The highest BCUT2D eigenvalue weighted by Crippen LogP contribution is 2.43. The van der Waals surface area contributed by atoms with Crippen LogP contribution in [0.15, 0.2) is 40.1 Å². The van der Waals surface area contributed by atoms with E-state index in [4.69, 9.17) is 4.74 Å². The predicted molar refractivity (Wildman–Crippen MR) is 87.6 cm³/mol. The van der Waals surface area contributed by atoms with E-state index in [1.54, 1.807) is 0 Å². The zero-order chi connectivity index (χ0) is 18.3. The molecule has 9 heteroatoms. The molecule has 9 nitrogen and oxygen atoms in total. The summed E-state index contributed by atoms with van der Waals surface area (Å²) in [6.07, 6.45) is 0. The van der Waals surface area contributed by atoms with Crippen molar-refractivity contribution in [3.8, 4) is 11.5 Å². The van der Waals surface area contributed by atoms with Crippen molar-refractivity contribution in [3.63, 3.8) is 0 Å². The number of carbonyl (C=O) groups is 1. The maximum absolute atomic E-state index is 12.4. The number of aromatic amines is 2. The van der Waals surface area contributed by atoms with Gasteiger partial charge < -0.3 is 20.3 Å². The molecule has 0 saturated carbocycles. The molecular formula is C16H15N3O6. The van der Waals surface area contributed by atoms with Crippen LogP contribution in [0, 0.1) is 5.92 Å². The monoisotopic (exact) mass is 345 g/mol. The first kappa shape index (κ1) is 16.4. The van der Waals surface area contributed by atoms with Crippen LogP contribution in [0.5, 0.6) is 11.5 Å². The number of phenols is 2. The Morgan fingerprint density at radius 2 is 1.92 bits per heavy atom. The Morgan fingerprint density at radius 3 is 2.56 bits per heavy atom. The van der Waals surface area contributed by atoms with Gasteiger partial charge in [0.05, 0.1) is 12.7 Å². The van der Waals surface area contributed by atoms with Crippen LogP contribution in [0.1, 0.15) is 17.0 Å². The molecule has 2 aromatic rings. The van der Waals surface area contributed by atoms with Crippen LogP contribution in [0.25, 0.3) is 0 Å². The van der Waals surface area contributed by atoms with Crippen LogP contribution >= 0.6 is 0 Å². The molecule has 25 heavy (non-hydrogen) atoms. The number of H-pyrrole nitrogens is 2. The van der Waals surface area contributed by atoms with Crippen molar-refractivity contribution >= 4 is 11.8 Å². The minimum atomic E-state index is -0.978.